The molecule has 0 fully saturated rings. The van der Waals surface area contributed by atoms with Crippen molar-refractivity contribution in [3.8, 4) is 11.4 Å². The summed E-state index contributed by atoms with van der Waals surface area (Å²) in [5.74, 6) is 1.14. The highest BCUT2D eigenvalue weighted by molar-refractivity contribution is 5.60. The summed E-state index contributed by atoms with van der Waals surface area (Å²) in [6, 6.07) is 6.21. The van der Waals surface area contributed by atoms with E-state index in [4.69, 9.17) is 4.74 Å². The van der Waals surface area contributed by atoms with E-state index in [1.54, 1.807) is 12.1 Å². The van der Waals surface area contributed by atoms with Gasteiger partial charge in [0.05, 0.1) is 18.9 Å². The number of ether oxygens (including phenoxy) is 1. The van der Waals surface area contributed by atoms with Gasteiger partial charge in [0.25, 0.3) is 0 Å². The second-order valence-electron chi connectivity index (χ2n) is 4.38. The highest BCUT2D eigenvalue weighted by Gasteiger charge is 2.18. The summed E-state index contributed by atoms with van der Waals surface area (Å²) in [6.45, 7) is 1.21. The van der Waals surface area contributed by atoms with Crippen molar-refractivity contribution in [2.24, 2.45) is 0 Å². The molecule has 1 aromatic heterocycles. The summed E-state index contributed by atoms with van der Waals surface area (Å²) < 4.78 is 18.4. The first-order valence-corrected chi connectivity index (χ1v) is 6.19. The second-order valence-corrected chi connectivity index (χ2v) is 4.38. The molecule has 19 heavy (non-hydrogen) atoms. The maximum atomic E-state index is 13.0. The lowest BCUT2D eigenvalue weighted by Gasteiger charge is -2.19. The molecule has 2 aromatic rings. The normalized spacial score (nSPS) is 14.0. The predicted octanol–water partition coefficient (Wildman–Crippen LogP) is 2.40. The molecule has 0 saturated carbocycles. The second kappa shape index (κ2) is 4.93. The summed E-state index contributed by atoms with van der Waals surface area (Å²) in [5, 5.41) is 3.07. The van der Waals surface area contributed by atoms with Gasteiger partial charge in [-0.2, -0.15) is 0 Å². The number of aromatic nitrogens is 2. The van der Waals surface area contributed by atoms with Crippen LogP contribution in [0.5, 0.6) is 0 Å². The monoisotopic (exact) mass is 259 g/mol. The van der Waals surface area contributed by atoms with Crippen molar-refractivity contribution in [3.05, 3.63) is 41.3 Å². The van der Waals surface area contributed by atoms with E-state index in [-0.39, 0.29) is 5.82 Å². The number of nitrogens with zero attached hydrogens (tertiary/aromatic N) is 2. The van der Waals surface area contributed by atoms with Gasteiger partial charge in [0.15, 0.2) is 5.82 Å². The SMILES string of the molecule is CNc1nc(-c2ccc(F)cc2)nc2c1COCC2. The molecule has 0 saturated heterocycles. The summed E-state index contributed by atoms with van der Waals surface area (Å²) in [4.78, 5) is 9.05. The Morgan fingerprint density at radius 3 is 2.74 bits per heavy atom. The Hall–Kier alpha value is -2.01. The lowest BCUT2D eigenvalue weighted by Crippen LogP contribution is -2.16. The van der Waals surface area contributed by atoms with Crippen molar-refractivity contribution >= 4 is 5.82 Å². The van der Waals surface area contributed by atoms with Crippen molar-refractivity contribution in [3.63, 3.8) is 0 Å². The van der Waals surface area contributed by atoms with Crippen LogP contribution < -0.4 is 5.32 Å². The van der Waals surface area contributed by atoms with Crippen LogP contribution in [0.2, 0.25) is 0 Å². The minimum Gasteiger partial charge on any atom is -0.376 e. The third kappa shape index (κ3) is 2.29. The van der Waals surface area contributed by atoms with Crippen LogP contribution in [0.3, 0.4) is 0 Å². The van der Waals surface area contributed by atoms with E-state index in [1.807, 2.05) is 7.05 Å². The fourth-order valence-corrected chi connectivity index (χ4v) is 2.17. The van der Waals surface area contributed by atoms with Gasteiger partial charge in [-0.05, 0) is 24.3 Å². The molecule has 1 aliphatic heterocycles. The Morgan fingerprint density at radius 2 is 2.00 bits per heavy atom. The van der Waals surface area contributed by atoms with Crippen LogP contribution in [0.4, 0.5) is 10.2 Å². The first-order chi connectivity index (χ1) is 9.28. The fraction of sp³-hybridized carbons (Fsp3) is 0.286. The van der Waals surface area contributed by atoms with Crippen LogP contribution in [0.1, 0.15) is 11.3 Å². The number of hydrogen-bond donors (Lipinski definition) is 1. The molecule has 4 nitrogen and oxygen atoms in total. The van der Waals surface area contributed by atoms with Gasteiger partial charge in [0, 0.05) is 24.6 Å². The minimum absolute atomic E-state index is 0.260. The van der Waals surface area contributed by atoms with Crippen LogP contribution in [0.15, 0.2) is 24.3 Å². The highest BCUT2D eigenvalue weighted by Crippen LogP contribution is 2.25. The molecule has 3 rings (SSSR count). The van der Waals surface area contributed by atoms with Gasteiger partial charge in [-0.1, -0.05) is 0 Å². The molecule has 98 valence electrons. The van der Waals surface area contributed by atoms with Crippen LogP contribution in [-0.4, -0.2) is 23.6 Å². The number of rotatable bonds is 2. The zero-order chi connectivity index (χ0) is 13.2. The summed E-state index contributed by atoms with van der Waals surface area (Å²) >= 11 is 0. The predicted molar refractivity (Wildman–Crippen MR) is 70.3 cm³/mol. The molecule has 0 unspecified atom stereocenters. The highest BCUT2D eigenvalue weighted by atomic mass is 19.1. The maximum absolute atomic E-state index is 13.0. The summed E-state index contributed by atoms with van der Waals surface area (Å²) in [6.07, 6.45) is 0.779. The molecule has 0 atom stereocenters. The molecule has 1 N–H and O–H groups in total. The Kier molecular flexibility index (Phi) is 3.13. The number of fused-ring (bicyclic) bond motifs is 1. The molecular formula is C14H14FN3O. The molecule has 5 heteroatoms. The molecular weight excluding hydrogens is 245 g/mol. The molecule has 0 radical (unpaired) electrons. The number of nitrogens with one attached hydrogen (secondary N) is 1. The maximum Gasteiger partial charge on any atom is 0.161 e. The van der Waals surface area contributed by atoms with Crippen molar-refractivity contribution in [2.75, 3.05) is 19.0 Å². The standard InChI is InChI=1S/C14H14FN3O/c1-16-14-11-8-19-7-6-12(11)17-13(18-14)9-2-4-10(15)5-3-9/h2-5H,6-8H2,1H3,(H,16,17,18). The number of benzene rings is 1. The largest absolute Gasteiger partial charge is 0.376 e. The molecule has 1 aromatic carbocycles. The minimum atomic E-state index is -0.260. The van der Waals surface area contributed by atoms with E-state index in [2.05, 4.69) is 15.3 Å². The van der Waals surface area contributed by atoms with E-state index in [1.165, 1.54) is 12.1 Å². The Labute approximate surface area is 110 Å². The van der Waals surface area contributed by atoms with E-state index in [9.17, 15) is 4.39 Å². The third-order valence-electron chi connectivity index (χ3n) is 3.16. The van der Waals surface area contributed by atoms with Crippen molar-refractivity contribution in [1.29, 1.82) is 0 Å². The summed E-state index contributed by atoms with van der Waals surface area (Å²) in [5.41, 5.74) is 2.83. The van der Waals surface area contributed by atoms with Crippen LogP contribution in [-0.2, 0) is 17.8 Å². The first-order valence-electron chi connectivity index (χ1n) is 6.19. The van der Waals surface area contributed by atoms with Crippen molar-refractivity contribution in [1.82, 2.24) is 9.97 Å². The van der Waals surface area contributed by atoms with Crippen LogP contribution in [0.25, 0.3) is 11.4 Å². The van der Waals surface area contributed by atoms with Gasteiger partial charge < -0.3 is 10.1 Å². The van der Waals surface area contributed by atoms with Gasteiger partial charge >= 0.3 is 0 Å². The zero-order valence-corrected chi connectivity index (χ0v) is 10.6. The number of anilines is 1. The van der Waals surface area contributed by atoms with Gasteiger partial charge in [0.1, 0.15) is 11.6 Å². The van der Waals surface area contributed by atoms with Gasteiger partial charge in [0.2, 0.25) is 0 Å². The van der Waals surface area contributed by atoms with Crippen LogP contribution in [0, 0.1) is 5.82 Å². The molecule has 0 bridgehead atoms. The Balaban J connectivity index is 2.09. The summed E-state index contributed by atoms with van der Waals surface area (Å²) in [7, 11) is 1.83. The quantitative estimate of drug-likeness (QED) is 0.899. The average Bonchev–Trinajstić information content (AvgIpc) is 2.47. The lowest BCUT2D eigenvalue weighted by atomic mass is 10.1. The first kappa shape index (κ1) is 12.0. The van der Waals surface area contributed by atoms with Gasteiger partial charge in [-0.15, -0.1) is 0 Å². The molecule has 1 aliphatic rings. The third-order valence-corrected chi connectivity index (χ3v) is 3.16. The molecule has 0 aliphatic carbocycles. The van der Waals surface area contributed by atoms with E-state index >= 15 is 0 Å². The average molecular weight is 259 g/mol. The van der Waals surface area contributed by atoms with Gasteiger partial charge in [-0.25, -0.2) is 14.4 Å². The van der Waals surface area contributed by atoms with E-state index in [0.717, 1.165) is 29.1 Å². The zero-order valence-electron chi connectivity index (χ0n) is 10.6. The smallest absolute Gasteiger partial charge is 0.161 e. The fourth-order valence-electron chi connectivity index (χ4n) is 2.17. The Bertz CT molecular complexity index is 581. The molecule has 0 spiro atoms. The topological polar surface area (TPSA) is 47.0 Å². The number of halogens is 1. The Morgan fingerprint density at radius 1 is 1.21 bits per heavy atom. The van der Waals surface area contributed by atoms with E-state index < -0.39 is 0 Å². The van der Waals surface area contributed by atoms with Crippen LogP contribution >= 0.6 is 0 Å². The lowest BCUT2D eigenvalue weighted by molar-refractivity contribution is 0.109. The molecule has 2 heterocycles. The van der Waals surface area contributed by atoms with Crippen molar-refractivity contribution < 1.29 is 9.13 Å². The van der Waals surface area contributed by atoms with E-state index in [0.29, 0.717) is 19.0 Å². The van der Waals surface area contributed by atoms with Gasteiger partial charge in [-0.3, -0.25) is 0 Å². The number of hydrogen-bond acceptors (Lipinski definition) is 4. The van der Waals surface area contributed by atoms with Crippen molar-refractivity contribution in [2.45, 2.75) is 13.0 Å². The molecule has 0 amide bonds.